The number of thiazole rings is 1. The average molecular weight is 648 g/mol. The number of furan rings is 1. The molecule has 10 heteroatoms. The van der Waals surface area contributed by atoms with Crippen molar-refractivity contribution in [2.75, 3.05) is 12.9 Å². The van der Waals surface area contributed by atoms with Crippen LogP contribution < -0.4 is 14.9 Å². The van der Waals surface area contributed by atoms with Crippen LogP contribution in [0.5, 0.6) is 0 Å². The van der Waals surface area contributed by atoms with Crippen molar-refractivity contribution in [3.05, 3.63) is 137 Å². The van der Waals surface area contributed by atoms with Gasteiger partial charge in [-0.15, -0.1) is 11.8 Å². The van der Waals surface area contributed by atoms with Gasteiger partial charge in [-0.2, -0.15) is 0 Å². The first-order valence-electron chi connectivity index (χ1n) is 13.4. The number of hydrogen-bond donors (Lipinski definition) is 0. The van der Waals surface area contributed by atoms with Gasteiger partial charge in [0.2, 0.25) is 0 Å². The number of rotatable bonds is 7. The SMILES string of the molecule is CCOC(=O)C1=C(c2ccccc2)N=c2s/c(=C\c3ccc(-c4ccc(Cl)cc4Cl)o3)c(=O)n2C1c1ccc(SC)cc1. The number of thioether (sulfide) groups is 1. The molecule has 1 unspecified atom stereocenters. The Kier molecular flexibility index (Phi) is 8.45. The van der Waals surface area contributed by atoms with Crippen LogP contribution in [0.25, 0.3) is 23.1 Å². The summed E-state index contributed by atoms with van der Waals surface area (Å²) in [5.74, 6) is 0.498. The molecule has 216 valence electrons. The van der Waals surface area contributed by atoms with Crippen LogP contribution in [0.15, 0.2) is 110 Å². The van der Waals surface area contributed by atoms with Crippen LogP contribution in [0.4, 0.5) is 0 Å². The topological polar surface area (TPSA) is 73.8 Å². The molecule has 1 aliphatic rings. The Labute approximate surface area is 265 Å². The molecular formula is C33H24Cl2N2O4S2. The van der Waals surface area contributed by atoms with Gasteiger partial charge in [-0.3, -0.25) is 9.36 Å². The Bertz CT molecular complexity index is 2040. The summed E-state index contributed by atoms with van der Waals surface area (Å²) in [6.07, 6.45) is 3.68. The molecule has 1 aliphatic heterocycles. The fourth-order valence-electron chi connectivity index (χ4n) is 4.94. The molecule has 0 spiro atoms. The third-order valence-electron chi connectivity index (χ3n) is 6.90. The molecule has 0 saturated heterocycles. The van der Waals surface area contributed by atoms with Crippen molar-refractivity contribution in [1.29, 1.82) is 0 Å². The summed E-state index contributed by atoms with van der Waals surface area (Å²) in [6, 6.07) is 25.3. The normalized spacial score (nSPS) is 14.9. The first kappa shape index (κ1) is 29.3. The molecule has 0 bridgehead atoms. The van der Waals surface area contributed by atoms with E-state index in [1.165, 1.54) is 11.3 Å². The van der Waals surface area contributed by atoms with Crippen molar-refractivity contribution in [2.24, 2.45) is 4.99 Å². The highest BCUT2D eigenvalue weighted by Crippen LogP contribution is 2.36. The second-order valence-corrected chi connectivity index (χ2v) is 12.3. The molecule has 0 fully saturated rings. The van der Waals surface area contributed by atoms with Crippen molar-refractivity contribution in [3.8, 4) is 11.3 Å². The lowest BCUT2D eigenvalue weighted by molar-refractivity contribution is -0.138. The quantitative estimate of drug-likeness (QED) is 0.138. The number of benzene rings is 3. The van der Waals surface area contributed by atoms with Gasteiger partial charge < -0.3 is 9.15 Å². The lowest BCUT2D eigenvalue weighted by Crippen LogP contribution is -2.40. The fraction of sp³-hybridized carbons (Fsp3) is 0.121. The number of fused-ring (bicyclic) bond motifs is 1. The fourth-order valence-corrected chi connectivity index (χ4v) is 6.83. The highest BCUT2D eigenvalue weighted by Gasteiger charge is 2.35. The molecule has 3 heterocycles. The van der Waals surface area contributed by atoms with E-state index in [0.29, 0.717) is 47.7 Å². The molecule has 0 radical (unpaired) electrons. The molecule has 0 amide bonds. The maximum absolute atomic E-state index is 14.1. The Balaban J connectivity index is 1.55. The van der Waals surface area contributed by atoms with E-state index in [4.69, 9.17) is 37.3 Å². The molecule has 0 saturated carbocycles. The van der Waals surface area contributed by atoms with Crippen LogP contribution in [0.3, 0.4) is 0 Å². The smallest absolute Gasteiger partial charge is 0.338 e. The molecule has 2 aromatic heterocycles. The highest BCUT2D eigenvalue weighted by molar-refractivity contribution is 7.98. The van der Waals surface area contributed by atoms with Crippen molar-refractivity contribution in [2.45, 2.75) is 17.9 Å². The zero-order valence-corrected chi connectivity index (χ0v) is 26.2. The van der Waals surface area contributed by atoms with E-state index >= 15 is 0 Å². The summed E-state index contributed by atoms with van der Waals surface area (Å²) in [5.41, 5.74) is 2.70. The number of halogens is 2. The predicted molar refractivity (Wildman–Crippen MR) is 173 cm³/mol. The van der Waals surface area contributed by atoms with Gasteiger partial charge in [0.05, 0.1) is 33.5 Å². The number of ether oxygens (including phenoxy) is 1. The number of hydrogen-bond acceptors (Lipinski definition) is 7. The van der Waals surface area contributed by atoms with Gasteiger partial charge in [-0.1, -0.05) is 77.0 Å². The van der Waals surface area contributed by atoms with Crippen LogP contribution >= 0.6 is 46.3 Å². The summed E-state index contributed by atoms with van der Waals surface area (Å²) < 4.78 is 13.6. The van der Waals surface area contributed by atoms with Crippen molar-refractivity contribution in [3.63, 3.8) is 0 Å². The van der Waals surface area contributed by atoms with Crippen LogP contribution in [0, 0.1) is 0 Å². The first-order valence-corrected chi connectivity index (χ1v) is 16.2. The third kappa shape index (κ3) is 5.76. The van der Waals surface area contributed by atoms with Crippen molar-refractivity contribution in [1.82, 2.24) is 4.57 Å². The van der Waals surface area contributed by atoms with Crippen LogP contribution in [-0.4, -0.2) is 23.4 Å². The van der Waals surface area contributed by atoms with Crippen LogP contribution in [0.1, 0.15) is 29.9 Å². The minimum Gasteiger partial charge on any atom is -0.463 e. The Hall–Kier alpha value is -3.82. The number of nitrogens with zero attached hydrogens (tertiary/aromatic N) is 2. The lowest BCUT2D eigenvalue weighted by atomic mass is 9.93. The highest BCUT2D eigenvalue weighted by atomic mass is 35.5. The van der Waals surface area contributed by atoms with E-state index in [9.17, 15) is 9.59 Å². The summed E-state index contributed by atoms with van der Waals surface area (Å²) in [4.78, 5) is 34.1. The second-order valence-electron chi connectivity index (χ2n) is 9.53. The Morgan fingerprint density at radius 3 is 2.53 bits per heavy atom. The van der Waals surface area contributed by atoms with Gasteiger partial charge in [-0.05, 0) is 61.2 Å². The molecule has 43 heavy (non-hydrogen) atoms. The van der Waals surface area contributed by atoms with Gasteiger partial charge in [0, 0.05) is 27.1 Å². The molecule has 3 aromatic carbocycles. The number of aromatic nitrogens is 1. The first-order chi connectivity index (χ1) is 20.9. The summed E-state index contributed by atoms with van der Waals surface area (Å²) in [6.45, 7) is 1.94. The maximum atomic E-state index is 14.1. The molecule has 1 atom stereocenters. The van der Waals surface area contributed by atoms with Crippen LogP contribution in [-0.2, 0) is 9.53 Å². The second kappa shape index (κ2) is 12.4. The van der Waals surface area contributed by atoms with Crippen molar-refractivity contribution >= 4 is 64.0 Å². The largest absolute Gasteiger partial charge is 0.463 e. The molecular weight excluding hydrogens is 623 g/mol. The number of carbonyl (C=O) groups excluding carboxylic acids is 1. The standard InChI is InChI=1S/C33H24Cl2N2O4S2/c1-3-40-32(39)28-29(19-7-5-4-6-8-19)36-33-37(30(28)20-9-13-23(42-2)14-10-20)31(38)27(43-33)18-22-12-16-26(41-22)24-15-11-21(34)17-25(24)35/h4-18,30H,3H2,1-2H3/b27-18-. The van der Waals surface area contributed by atoms with E-state index in [0.717, 1.165) is 16.0 Å². The van der Waals surface area contributed by atoms with E-state index in [-0.39, 0.29) is 12.2 Å². The number of carbonyl (C=O) groups is 1. The minimum atomic E-state index is -0.747. The minimum absolute atomic E-state index is 0.186. The van der Waals surface area contributed by atoms with Gasteiger partial charge >= 0.3 is 5.97 Å². The maximum Gasteiger partial charge on any atom is 0.338 e. The summed E-state index contributed by atoms with van der Waals surface area (Å²) >= 11 is 15.3. The zero-order valence-electron chi connectivity index (χ0n) is 23.0. The van der Waals surface area contributed by atoms with E-state index in [1.807, 2.05) is 60.9 Å². The molecule has 5 aromatic rings. The average Bonchev–Trinajstić information content (AvgIpc) is 3.60. The van der Waals surface area contributed by atoms with Gasteiger partial charge in [0.1, 0.15) is 11.5 Å². The van der Waals surface area contributed by atoms with E-state index in [2.05, 4.69) is 0 Å². The predicted octanol–water partition coefficient (Wildman–Crippen LogP) is 7.22. The van der Waals surface area contributed by atoms with Gasteiger partial charge in [0.25, 0.3) is 5.56 Å². The van der Waals surface area contributed by atoms with Crippen molar-refractivity contribution < 1.29 is 13.9 Å². The Morgan fingerprint density at radius 1 is 1.07 bits per heavy atom. The van der Waals surface area contributed by atoms with E-state index < -0.39 is 12.0 Å². The monoisotopic (exact) mass is 646 g/mol. The molecule has 6 rings (SSSR count). The zero-order chi connectivity index (χ0) is 30.1. The van der Waals surface area contributed by atoms with Gasteiger partial charge in [-0.25, -0.2) is 9.79 Å². The Morgan fingerprint density at radius 2 is 1.84 bits per heavy atom. The molecule has 6 nitrogen and oxygen atoms in total. The van der Waals surface area contributed by atoms with Gasteiger partial charge in [0.15, 0.2) is 4.80 Å². The third-order valence-corrected chi connectivity index (χ3v) is 9.18. The molecule has 0 aliphatic carbocycles. The number of esters is 1. The van der Waals surface area contributed by atoms with E-state index in [1.54, 1.807) is 59.7 Å². The lowest BCUT2D eigenvalue weighted by Gasteiger charge is -2.26. The summed E-state index contributed by atoms with van der Waals surface area (Å²) in [7, 11) is 0. The molecule has 0 N–H and O–H groups in total. The summed E-state index contributed by atoms with van der Waals surface area (Å²) in [5, 5.41) is 0.983. The van der Waals surface area contributed by atoms with Crippen LogP contribution in [0.2, 0.25) is 10.0 Å².